The number of hydrogen-bond acceptors (Lipinski definition) is 6. The summed E-state index contributed by atoms with van der Waals surface area (Å²) in [7, 11) is 0. The first-order chi connectivity index (χ1) is 15.2. The summed E-state index contributed by atoms with van der Waals surface area (Å²) >= 11 is 0. The Morgan fingerprint density at radius 1 is 1.25 bits per heavy atom. The second-order valence-corrected chi connectivity index (χ2v) is 7.12. The van der Waals surface area contributed by atoms with Gasteiger partial charge in [0, 0.05) is 12.7 Å². The summed E-state index contributed by atoms with van der Waals surface area (Å²) in [5.41, 5.74) is -0.158. The summed E-state index contributed by atoms with van der Waals surface area (Å²) in [6.07, 6.45) is -3.81. The number of nitrogens with zero attached hydrogens (tertiary/aromatic N) is 5. The van der Waals surface area contributed by atoms with Gasteiger partial charge in [0.2, 0.25) is 0 Å². The minimum atomic E-state index is -4.58. The van der Waals surface area contributed by atoms with Crippen LogP contribution in [0.25, 0.3) is 10.9 Å². The van der Waals surface area contributed by atoms with Crippen molar-refractivity contribution in [2.24, 2.45) is 0 Å². The zero-order valence-corrected chi connectivity index (χ0v) is 16.4. The molecule has 1 aliphatic heterocycles. The smallest absolute Gasteiger partial charge is 0.377 e. The third-order valence-electron chi connectivity index (χ3n) is 4.67. The number of anilines is 2. The van der Waals surface area contributed by atoms with Gasteiger partial charge in [-0.3, -0.25) is 14.5 Å². The molecule has 3 aromatic rings. The lowest BCUT2D eigenvalue weighted by atomic mass is 10.2. The molecule has 3 aromatic heterocycles. The largest absolute Gasteiger partial charge is 0.408 e. The van der Waals surface area contributed by atoms with E-state index in [9.17, 15) is 26.7 Å². The molecule has 0 spiro atoms. The number of carbonyl (C=O) groups excluding carboxylic acids is 1. The molecule has 0 radical (unpaired) electrons. The maximum atomic E-state index is 13.8. The summed E-state index contributed by atoms with van der Waals surface area (Å²) in [5, 5.41) is 6.86. The maximum absolute atomic E-state index is 13.8. The molecule has 1 amide bonds. The number of rotatable bonds is 4. The number of fused-ring (bicyclic) bond motifs is 1. The third kappa shape index (κ3) is 4.93. The molecule has 1 N–H and O–H groups in total. The minimum absolute atomic E-state index is 0.00171. The first-order valence-electron chi connectivity index (χ1n) is 9.52. The average molecular weight is 456 g/mol. The van der Waals surface area contributed by atoms with Crippen LogP contribution in [-0.4, -0.2) is 69.2 Å². The number of ether oxygens (including phenoxy) is 1. The summed E-state index contributed by atoms with van der Waals surface area (Å²) in [4.78, 5) is 21.9. The molecule has 0 aromatic carbocycles. The van der Waals surface area contributed by atoms with E-state index in [4.69, 9.17) is 4.74 Å². The van der Waals surface area contributed by atoms with Gasteiger partial charge in [-0.25, -0.2) is 13.8 Å². The summed E-state index contributed by atoms with van der Waals surface area (Å²) in [6.45, 7) is -1.49. The van der Waals surface area contributed by atoms with Crippen molar-refractivity contribution in [2.75, 3.05) is 31.6 Å². The zero-order valence-electron chi connectivity index (χ0n) is 16.4. The number of hydrogen-bond donors (Lipinski definition) is 1. The van der Waals surface area contributed by atoms with Crippen molar-refractivity contribution in [3.63, 3.8) is 0 Å². The van der Waals surface area contributed by atoms with Gasteiger partial charge in [0.25, 0.3) is 5.91 Å². The zero-order chi connectivity index (χ0) is 22.9. The number of alkyl halides is 4. The molecule has 8 nitrogen and oxygen atoms in total. The molecule has 1 atom stereocenters. The number of pyridine rings is 2. The molecule has 32 heavy (non-hydrogen) atoms. The standard InChI is InChI=1S/C19H17F5N6O2/c20-11-1-2-16(26-6-11)27-17-13-7-25-14(5-15(13)30(28-17)10-19(22,23)24)18(31)29-3-4-32-9-12(21)8-29/h1-2,5-7,12H,3-4,8-10H2,(H,26,27,28)/t12-/m0/s1. The number of halogens is 5. The number of aromatic nitrogens is 4. The number of carbonyl (C=O) groups is 1. The Morgan fingerprint density at radius 3 is 2.78 bits per heavy atom. The van der Waals surface area contributed by atoms with Crippen LogP contribution in [0.3, 0.4) is 0 Å². The Kier molecular flexibility index (Phi) is 5.91. The van der Waals surface area contributed by atoms with Gasteiger partial charge in [-0.15, -0.1) is 0 Å². The van der Waals surface area contributed by atoms with Gasteiger partial charge >= 0.3 is 6.18 Å². The Hall–Kier alpha value is -3.35. The van der Waals surface area contributed by atoms with Crippen LogP contribution in [0, 0.1) is 5.82 Å². The normalized spacial score (nSPS) is 17.4. The van der Waals surface area contributed by atoms with Crippen molar-refractivity contribution < 1.29 is 31.5 Å². The van der Waals surface area contributed by atoms with Crippen LogP contribution in [0.1, 0.15) is 10.5 Å². The molecule has 0 aliphatic carbocycles. The van der Waals surface area contributed by atoms with Gasteiger partial charge in [0.05, 0.1) is 36.9 Å². The van der Waals surface area contributed by atoms with Crippen LogP contribution in [0.4, 0.5) is 33.6 Å². The van der Waals surface area contributed by atoms with Gasteiger partial charge in [-0.05, 0) is 18.2 Å². The molecule has 13 heteroatoms. The second kappa shape index (κ2) is 8.65. The molecule has 0 bridgehead atoms. The molecule has 170 valence electrons. The van der Waals surface area contributed by atoms with Gasteiger partial charge in [-0.1, -0.05) is 0 Å². The predicted octanol–water partition coefficient (Wildman–Crippen LogP) is 3.08. The SMILES string of the molecule is O=C(c1cc2c(cn1)c(Nc1ccc(F)cn1)nn2CC(F)(F)F)N1CCOC[C@@H](F)C1. The lowest BCUT2D eigenvalue weighted by Gasteiger charge is -2.20. The Bertz CT molecular complexity index is 1120. The van der Waals surface area contributed by atoms with E-state index in [1.165, 1.54) is 23.2 Å². The van der Waals surface area contributed by atoms with E-state index in [0.717, 1.165) is 12.3 Å². The van der Waals surface area contributed by atoms with Crippen molar-refractivity contribution >= 4 is 28.4 Å². The first-order valence-corrected chi connectivity index (χ1v) is 9.52. The lowest BCUT2D eigenvalue weighted by Crippen LogP contribution is -2.37. The molecule has 1 aliphatic rings. The molecule has 0 unspecified atom stereocenters. The highest BCUT2D eigenvalue weighted by Gasteiger charge is 2.31. The van der Waals surface area contributed by atoms with Gasteiger partial charge < -0.3 is 15.0 Å². The monoisotopic (exact) mass is 456 g/mol. The van der Waals surface area contributed by atoms with Crippen LogP contribution in [0.15, 0.2) is 30.6 Å². The highest BCUT2D eigenvalue weighted by molar-refractivity contribution is 5.98. The van der Waals surface area contributed by atoms with Gasteiger partial charge in [0.1, 0.15) is 30.0 Å². The van der Waals surface area contributed by atoms with E-state index in [-0.39, 0.29) is 54.5 Å². The maximum Gasteiger partial charge on any atom is 0.408 e. The fourth-order valence-electron chi connectivity index (χ4n) is 3.26. The Labute approximate surface area is 178 Å². The molecule has 1 fully saturated rings. The molecule has 4 heterocycles. The lowest BCUT2D eigenvalue weighted by molar-refractivity contribution is -0.141. The fourth-order valence-corrected chi connectivity index (χ4v) is 3.26. The summed E-state index contributed by atoms with van der Waals surface area (Å²) in [5.74, 6) is -1.05. The van der Waals surface area contributed by atoms with Gasteiger partial charge in [-0.2, -0.15) is 18.3 Å². The van der Waals surface area contributed by atoms with E-state index in [2.05, 4.69) is 20.4 Å². The Morgan fingerprint density at radius 2 is 2.06 bits per heavy atom. The van der Waals surface area contributed by atoms with E-state index < -0.39 is 30.6 Å². The van der Waals surface area contributed by atoms with Gasteiger partial charge in [0.15, 0.2) is 5.82 Å². The van der Waals surface area contributed by atoms with Crippen LogP contribution >= 0.6 is 0 Å². The first kappa shape index (κ1) is 21.9. The molecule has 1 saturated heterocycles. The third-order valence-corrected chi connectivity index (χ3v) is 4.67. The van der Waals surface area contributed by atoms with E-state index in [0.29, 0.717) is 4.68 Å². The van der Waals surface area contributed by atoms with E-state index in [1.807, 2.05) is 0 Å². The molecule has 0 saturated carbocycles. The number of nitrogens with one attached hydrogen (secondary N) is 1. The van der Waals surface area contributed by atoms with Crippen LogP contribution < -0.4 is 5.32 Å². The van der Waals surface area contributed by atoms with Crippen LogP contribution in [0.5, 0.6) is 0 Å². The van der Waals surface area contributed by atoms with E-state index in [1.54, 1.807) is 0 Å². The summed E-state index contributed by atoms with van der Waals surface area (Å²) < 4.78 is 71.9. The Balaban J connectivity index is 1.70. The van der Waals surface area contributed by atoms with E-state index >= 15 is 0 Å². The average Bonchev–Trinajstić information content (AvgIpc) is 2.90. The van der Waals surface area contributed by atoms with Crippen molar-refractivity contribution in [3.05, 3.63) is 42.1 Å². The summed E-state index contributed by atoms with van der Waals surface area (Å²) in [6, 6.07) is 3.60. The highest BCUT2D eigenvalue weighted by atomic mass is 19.4. The highest BCUT2D eigenvalue weighted by Crippen LogP contribution is 2.28. The predicted molar refractivity (Wildman–Crippen MR) is 103 cm³/mol. The molecular formula is C19H17F5N6O2. The topological polar surface area (TPSA) is 85.2 Å². The van der Waals surface area contributed by atoms with Crippen molar-refractivity contribution in [2.45, 2.75) is 18.9 Å². The van der Waals surface area contributed by atoms with Crippen molar-refractivity contribution in [3.8, 4) is 0 Å². The molecular weight excluding hydrogens is 439 g/mol. The van der Waals surface area contributed by atoms with Crippen molar-refractivity contribution in [1.29, 1.82) is 0 Å². The second-order valence-electron chi connectivity index (χ2n) is 7.12. The number of amides is 1. The fraction of sp³-hybridized carbons (Fsp3) is 0.368. The minimum Gasteiger partial charge on any atom is -0.377 e. The van der Waals surface area contributed by atoms with Crippen LogP contribution in [0.2, 0.25) is 0 Å². The molecule has 4 rings (SSSR count). The van der Waals surface area contributed by atoms with Crippen LogP contribution in [-0.2, 0) is 11.3 Å². The quantitative estimate of drug-likeness (QED) is 0.608. The van der Waals surface area contributed by atoms with Crippen molar-refractivity contribution in [1.82, 2.24) is 24.6 Å².